The number of imidazole rings is 1. The minimum atomic E-state index is 0.0947. The summed E-state index contributed by atoms with van der Waals surface area (Å²) in [6.45, 7) is 7.65. The molecular weight excluding hydrogens is 362 g/mol. The average molecular weight is 392 g/mol. The molecule has 0 aliphatic heterocycles. The Labute approximate surface area is 172 Å². The van der Waals surface area contributed by atoms with E-state index in [-0.39, 0.29) is 5.91 Å². The highest BCUT2D eigenvalue weighted by Gasteiger charge is 2.11. The zero-order valence-corrected chi connectivity index (χ0v) is 17.1. The Balaban J connectivity index is 1.69. The van der Waals surface area contributed by atoms with Crippen LogP contribution in [0.3, 0.4) is 0 Å². The number of aromatic nitrogens is 2. The maximum atomic E-state index is 11.7. The molecule has 3 rings (SSSR count). The fraction of sp³-hybridized carbons (Fsp3) is 0.333. The summed E-state index contributed by atoms with van der Waals surface area (Å²) in [5.41, 5.74) is 3.19. The van der Waals surface area contributed by atoms with Gasteiger partial charge in [-0.05, 0) is 36.6 Å². The summed E-state index contributed by atoms with van der Waals surface area (Å²) in [5.74, 6) is 1.95. The first kappa shape index (κ1) is 20.6. The van der Waals surface area contributed by atoms with Gasteiger partial charge in [-0.3, -0.25) is 4.79 Å². The summed E-state index contributed by atoms with van der Waals surface area (Å²) in [7, 11) is 0. The lowest BCUT2D eigenvalue weighted by molar-refractivity contribution is -0.121. The molecular formula is C24H29N3O2. The lowest BCUT2D eigenvalue weighted by Gasteiger charge is -2.13. The van der Waals surface area contributed by atoms with Gasteiger partial charge in [-0.1, -0.05) is 43.3 Å². The number of nitrogens with one attached hydrogen (secondary N) is 1. The van der Waals surface area contributed by atoms with E-state index in [9.17, 15) is 4.79 Å². The van der Waals surface area contributed by atoms with Crippen LogP contribution in [0.5, 0.6) is 5.75 Å². The number of amides is 1. The third-order valence-electron chi connectivity index (χ3n) is 4.79. The number of benzene rings is 2. The molecule has 3 aromatic rings. The second-order valence-corrected chi connectivity index (χ2v) is 6.97. The number of nitrogens with zero attached hydrogens (tertiary/aromatic N) is 2. The third kappa shape index (κ3) is 5.47. The predicted molar refractivity (Wildman–Crippen MR) is 117 cm³/mol. The van der Waals surface area contributed by atoms with Crippen molar-refractivity contribution in [2.24, 2.45) is 0 Å². The van der Waals surface area contributed by atoms with Crippen LogP contribution < -0.4 is 10.1 Å². The molecule has 0 atom stereocenters. The predicted octanol–water partition coefficient (Wildman–Crippen LogP) is 4.30. The van der Waals surface area contributed by atoms with Crippen LogP contribution in [-0.2, 0) is 24.2 Å². The van der Waals surface area contributed by atoms with Crippen molar-refractivity contribution >= 4 is 16.9 Å². The van der Waals surface area contributed by atoms with E-state index in [1.54, 1.807) is 0 Å². The second-order valence-electron chi connectivity index (χ2n) is 6.97. The molecule has 1 heterocycles. The molecule has 0 bridgehead atoms. The first-order chi connectivity index (χ1) is 14.2. The van der Waals surface area contributed by atoms with Crippen LogP contribution in [0.15, 0.2) is 61.2 Å². The van der Waals surface area contributed by atoms with Crippen molar-refractivity contribution in [2.75, 3.05) is 13.2 Å². The summed E-state index contributed by atoms with van der Waals surface area (Å²) in [5, 5.41) is 2.97. The first-order valence-electron chi connectivity index (χ1n) is 10.3. The maximum Gasteiger partial charge on any atom is 0.219 e. The van der Waals surface area contributed by atoms with Crippen LogP contribution in [0.2, 0.25) is 0 Å². The molecule has 0 radical (unpaired) electrons. The molecule has 1 N–H and O–H groups in total. The molecule has 1 amide bonds. The van der Waals surface area contributed by atoms with Gasteiger partial charge in [0, 0.05) is 19.4 Å². The lowest BCUT2D eigenvalue weighted by Crippen LogP contribution is -2.26. The van der Waals surface area contributed by atoms with E-state index in [4.69, 9.17) is 9.72 Å². The fourth-order valence-electron chi connectivity index (χ4n) is 3.41. The minimum absolute atomic E-state index is 0.0947. The minimum Gasteiger partial charge on any atom is -0.491 e. The molecule has 152 valence electrons. The number of para-hydroxylation sites is 3. The Morgan fingerprint density at radius 2 is 2.00 bits per heavy atom. The molecule has 0 fully saturated rings. The largest absolute Gasteiger partial charge is 0.491 e. The number of rotatable bonds is 11. The number of hydrogen-bond donors (Lipinski definition) is 1. The molecule has 0 unspecified atom stereocenters. The van der Waals surface area contributed by atoms with E-state index in [1.807, 2.05) is 49.4 Å². The number of ether oxygens (including phenoxy) is 1. The fourth-order valence-corrected chi connectivity index (χ4v) is 3.41. The van der Waals surface area contributed by atoms with Gasteiger partial charge < -0.3 is 14.6 Å². The molecule has 0 saturated heterocycles. The molecule has 1 aromatic heterocycles. The van der Waals surface area contributed by atoms with Crippen molar-refractivity contribution in [3.05, 3.63) is 72.6 Å². The summed E-state index contributed by atoms with van der Waals surface area (Å²) < 4.78 is 8.27. The number of carbonyl (C=O) groups excluding carboxylic acids is 1. The average Bonchev–Trinajstić information content (AvgIpc) is 3.07. The Hall–Kier alpha value is -3.08. The Morgan fingerprint density at radius 3 is 2.83 bits per heavy atom. The van der Waals surface area contributed by atoms with Crippen LogP contribution in [0.1, 0.15) is 31.2 Å². The quantitative estimate of drug-likeness (QED) is 0.496. The van der Waals surface area contributed by atoms with Gasteiger partial charge in [-0.25, -0.2) is 4.98 Å². The number of carbonyl (C=O) groups is 1. The zero-order chi connectivity index (χ0) is 20.5. The van der Waals surface area contributed by atoms with Gasteiger partial charge in [-0.15, -0.1) is 6.58 Å². The highest BCUT2D eigenvalue weighted by Crippen LogP contribution is 2.20. The number of hydrogen-bond acceptors (Lipinski definition) is 3. The SMILES string of the molecule is C=CCc1ccccc1OCCn1c(CCNC(=O)CCC)nc2ccccc21. The van der Waals surface area contributed by atoms with Crippen molar-refractivity contribution in [2.45, 2.75) is 39.2 Å². The normalized spacial score (nSPS) is 10.8. The first-order valence-corrected chi connectivity index (χ1v) is 10.3. The van der Waals surface area contributed by atoms with Crippen molar-refractivity contribution in [1.29, 1.82) is 0 Å². The van der Waals surface area contributed by atoms with Crippen LogP contribution in [-0.4, -0.2) is 28.6 Å². The Morgan fingerprint density at radius 1 is 1.21 bits per heavy atom. The van der Waals surface area contributed by atoms with Crippen LogP contribution in [0, 0.1) is 0 Å². The molecule has 0 saturated carbocycles. The second kappa shape index (κ2) is 10.5. The third-order valence-corrected chi connectivity index (χ3v) is 4.79. The maximum absolute atomic E-state index is 11.7. The van der Waals surface area contributed by atoms with E-state index in [2.05, 4.69) is 28.6 Å². The molecule has 5 nitrogen and oxygen atoms in total. The van der Waals surface area contributed by atoms with E-state index >= 15 is 0 Å². The zero-order valence-electron chi connectivity index (χ0n) is 17.1. The van der Waals surface area contributed by atoms with Gasteiger partial charge in [0.2, 0.25) is 5.91 Å². The number of fused-ring (bicyclic) bond motifs is 1. The van der Waals surface area contributed by atoms with Crippen molar-refractivity contribution in [1.82, 2.24) is 14.9 Å². The van der Waals surface area contributed by atoms with E-state index in [1.165, 1.54) is 0 Å². The monoisotopic (exact) mass is 391 g/mol. The van der Waals surface area contributed by atoms with Gasteiger partial charge in [-0.2, -0.15) is 0 Å². The molecule has 0 aliphatic carbocycles. The van der Waals surface area contributed by atoms with Crippen LogP contribution in [0.4, 0.5) is 0 Å². The van der Waals surface area contributed by atoms with Crippen LogP contribution in [0.25, 0.3) is 11.0 Å². The summed E-state index contributed by atoms with van der Waals surface area (Å²) in [4.78, 5) is 16.5. The van der Waals surface area contributed by atoms with Gasteiger partial charge >= 0.3 is 0 Å². The summed E-state index contributed by atoms with van der Waals surface area (Å²) in [6.07, 6.45) is 4.78. The smallest absolute Gasteiger partial charge is 0.219 e. The molecule has 29 heavy (non-hydrogen) atoms. The molecule has 2 aromatic carbocycles. The molecule has 0 spiro atoms. The molecule has 5 heteroatoms. The van der Waals surface area contributed by atoms with E-state index in [0.717, 1.165) is 41.0 Å². The van der Waals surface area contributed by atoms with E-state index in [0.29, 0.717) is 32.5 Å². The summed E-state index contributed by atoms with van der Waals surface area (Å²) >= 11 is 0. The van der Waals surface area contributed by atoms with Crippen LogP contribution >= 0.6 is 0 Å². The van der Waals surface area contributed by atoms with Gasteiger partial charge in [0.25, 0.3) is 0 Å². The standard InChI is InChI=1S/C24H29N3O2/c1-3-9-19-11-5-8-14-22(19)29-18-17-27-21-13-7-6-12-20(21)26-23(27)15-16-25-24(28)10-4-2/h3,5-8,11-14H,1,4,9-10,15-18H2,2H3,(H,25,28). The Bertz CT molecular complexity index is 962. The van der Waals surface area contributed by atoms with Crippen molar-refractivity contribution < 1.29 is 9.53 Å². The Kier molecular flexibility index (Phi) is 7.45. The number of allylic oxidation sites excluding steroid dienone is 1. The van der Waals surface area contributed by atoms with Gasteiger partial charge in [0.05, 0.1) is 17.6 Å². The lowest BCUT2D eigenvalue weighted by atomic mass is 10.1. The van der Waals surface area contributed by atoms with Gasteiger partial charge in [0.15, 0.2) is 0 Å². The highest BCUT2D eigenvalue weighted by molar-refractivity contribution is 5.76. The summed E-state index contributed by atoms with van der Waals surface area (Å²) in [6, 6.07) is 16.2. The molecule has 0 aliphatic rings. The van der Waals surface area contributed by atoms with Crippen molar-refractivity contribution in [3.8, 4) is 5.75 Å². The highest BCUT2D eigenvalue weighted by atomic mass is 16.5. The van der Waals surface area contributed by atoms with Crippen molar-refractivity contribution in [3.63, 3.8) is 0 Å². The topological polar surface area (TPSA) is 56.1 Å². The van der Waals surface area contributed by atoms with Gasteiger partial charge in [0.1, 0.15) is 18.2 Å². The van der Waals surface area contributed by atoms with E-state index < -0.39 is 0 Å².